The van der Waals surface area contributed by atoms with Gasteiger partial charge in [-0.15, -0.1) is 0 Å². The van der Waals surface area contributed by atoms with Crippen molar-refractivity contribution >= 4 is 15.9 Å². The van der Waals surface area contributed by atoms with Gasteiger partial charge in [-0.2, -0.15) is 0 Å². The van der Waals surface area contributed by atoms with Crippen molar-refractivity contribution in [1.82, 2.24) is 9.37 Å². The standard InChI is InChI=1S/C18H26N2O4S/c1-13-12-15-6-4-5-7-17(15)20(13)18(21)14-8-10-16(11-9-14)25(22,23)19(2)24-3/h8-11,13,15,17H,4-7,12H2,1-3H3. The van der Waals surface area contributed by atoms with E-state index >= 15 is 0 Å². The lowest BCUT2D eigenvalue weighted by atomic mass is 9.85. The topological polar surface area (TPSA) is 66.9 Å². The van der Waals surface area contributed by atoms with Crippen molar-refractivity contribution in [3.63, 3.8) is 0 Å². The molecular formula is C18H26N2O4S. The first kappa shape index (κ1) is 18.4. The van der Waals surface area contributed by atoms with Crippen molar-refractivity contribution in [3.05, 3.63) is 29.8 Å². The molecule has 3 atom stereocenters. The monoisotopic (exact) mass is 366 g/mol. The fraction of sp³-hybridized carbons (Fsp3) is 0.611. The summed E-state index contributed by atoms with van der Waals surface area (Å²) >= 11 is 0. The molecule has 7 heteroatoms. The van der Waals surface area contributed by atoms with Crippen molar-refractivity contribution < 1.29 is 18.0 Å². The molecule has 3 unspecified atom stereocenters. The second kappa shape index (κ2) is 7.05. The van der Waals surface area contributed by atoms with Gasteiger partial charge in [0, 0.05) is 24.7 Å². The largest absolute Gasteiger partial charge is 0.333 e. The summed E-state index contributed by atoms with van der Waals surface area (Å²) in [6.07, 6.45) is 5.79. The average Bonchev–Trinajstić information content (AvgIpc) is 2.96. The molecule has 25 heavy (non-hydrogen) atoms. The van der Waals surface area contributed by atoms with Gasteiger partial charge in [-0.1, -0.05) is 17.3 Å². The molecule has 0 radical (unpaired) electrons. The molecule has 3 rings (SSSR count). The van der Waals surface area contributed by atoms with Crippen LogP contribution in [0, 0.1) is 5.92 Å². The van der Waals surface area contributed by atoms with Crippen LogP contribution in [-0.4, -0.2) is 49.9 Å². The molecule has 1 amide bonds. The van der Waals surface area contributed by atoms with Crippen molar-refractivity contribution in [1.29, 1.82) is 0 Å². The highest BCUT2D eigenvalue weighted by Gasteiger charge is 2.42. The minimum Gasteiger partial charge on any atom is -0.333 e. The van der Waals surface area contributed by atoms with Gasteiger partial charge in [0.25, 0.3) is 15.9 Å². The van der Waals surface area contributed by atoms with Crippen LogP contribution in [0.15, 0.2) is 29.2 Å². The summed E-state index contributed by atoms with van der Waals surface area (Å²) in [6.45, 7) is 2.11. The number of sulfonamides is 1. The van der Waals surface area contributed by atoms with E-state index in [9.17, 15) is 13.2 Å². The molecular weight excluding hydrogens is 340 g/mol. The summed E-state index contributed by atoms with van der Waals surface area (Å²) in [5.41, 5.74) is 0.539. The summed E-state index contributed by atoms with van der Waals surface area (Å²) in [5.74, 6) is 0.619. The molecule has 0 aromatic heterocycles. The van der Waals surface area contributed by atoms with E-state index in [0.717, 1.165) is 17.3 Å². The van der Waals surface area contributed by atoms with Gasteiger partial charge in [-0.05, 0) is 56.4 Å². The summed E-state index contributed by atoms with van der Waals surface area (Å²) in [5, 5.41) is 0. The lowest BCUT2D eigenvalue weighted by molar-refractivity contribution is -0.0258. The van der Waals surface area contributed by atoms with Crippen LogP contribution in [-0.2, 0) is 14.9 Å². The quantitative estimate of drug-likeness (QED) is 0.769. The molecule has 2 aliphatic rings. The molecule has 1 aliphatic carbocycles. The predicted octanol–water partition coefficient (Wildman–Crippen LogP) is 2.66. The minimum absolute atomic E-state index is 0.00550. The first-order chi connectivity index (χ1) is 11.9. The van der Waals surface area contributed by atoms with E-state index < -0.39 is 10.0 Å². The third kappa shape index (κ3) is 3.32. The normalized spacial score (nSPS) is 26.7. The van der Waals surface area contributed by atoms with Crippen LogP contribution in [0.1, 0.15) is 49.4 Å². The molecule has 0 bridgehead atoms. The fourth-order valence-corrected chi connectivity index (χ4v) is 5.20. The number of hydrogen-bond donors (Lipinski definition) is 0. The van der Waals surface area contributed by atoms with E-state index in [1.807, 2.05) is 4.90 Å². The van der Waals surface area contributed by atoms with Crippen LogP contribution in [0.3, 0.4) is 0 Å². The highest BCUT2D eigenvalue weighted by molar-refractivity contribution is 7.89. The van der Waals surface area contributed by atoms with E-state index in [0.29, 0.717) is 17.5 Å². The van der Waals surface area contributed by atoms with Gasteiger partial charge in [0.05, 0.1) is 12.0 Å². The zero-order valence-corrected chi connectivity index (χ0v) is 15.8. The van der Waals surface area contributed by atoms with Gasteiger partial charge in [0.1, 0.15) is 0 Å². The Hall–Kier alpha value is -1.44. The number of carbonyl (C=O) groups excluding carboxylic acids is 1. The molecule has 0 spiro atoms. The summed E-state index contributed by atoms with van der Waals surface area (Å²) < 4.78 is 25.3. The number of fused-ring (bicyclic) bond motifs is 1. The maximum Gasteiger partial charge on any atom is 0.264 e. The van der Waals surface area contributed by atoms with E-state index in [-0.39, 0.29) is 16.8 Å². The number of carbonyl (C=O) groups is 1. The van der Waals surface area contributed by atoms with Crippen molar-refractivity contribution in [2.45, 2.75) is 56.0 Å². The van der Waals surface area contributed by atoms with E-state index in [2.05, 4.69) is 6.92 Å². The first-order valence-electron chi connectivity index (χ1n) is 8.82. The molecule has 1 heterocycles. The third-order valence-corrected chi connectivity index (χ3v) is 7.27. The minimum atomic E-state index is -3.69. The van der Waals surface area contributed by atoms with Crippen LogP contribution in [0.25, 0.3) is 0 Å². The maximum absolute atomic E-state index is 13.0. The Morgan fingerprint density at radius 2 is 1.84 bits per heavy atom. The Morgan fingerprint density at radius 1 is 1.20 bits per heavy atom. The maximum atomic E-state index is 13.0. The summed E-state index contributed by atoms with van der Waals surface area (Å²) in [6, 6.07) is 6.71. The van der Waals surface area contributed by atoms with Gasteiger partial charge in [0.2, 0.25) is 0 Å². The molecule has 2 fully saturated rings. The third-order valence-electron chi connectivity index (χ3n) is 5.57. The van der Waals surface area contributed by atoms with Crippen molar-refractivity contribution in [3.8, 4) is 0 Å². The first-order valence-corrected chi connectivity index (χ1v) is 10.3. The van der Waals surface area contributed by atoms with E-state index in [1.165, 1.54) is 45.6 Å². The lowest BCUT2D eigenvalue weighted by Gasteiger charge is -2.33. The van der Waals surface area contributed by atoms with Crippen LogP contribution in [0.2, 0.25) is 0 Å². The van der Waals surface area contributed by atoms with Gasteiger partial charge >= 0.3 is 0 Å². The number of hydrogen-bond acceptors (Lipinski definition) is 4. The van der Waals surface area contributed by atoms with Crippen LogP contribution >= 0.6 is 0 Å². The smallest absolute Gasteiger partial charge is 0.264 e. The second-order valence-corrected chi connectivity index (χ2v) is 8.97. The van der Waals surface area contributed by atoms with Crippen molar-refractivity contribution in [2.75, 3.05) is 14.2 Å². The molecule has 138 valence electrons. The van der Waals surface area contributed by atoms with Crippen LogP contribution in [0.5, 0.6) is 0 Å². The highest BCUT2D eigenvalue weighted by atomic mass is 32.2. The van der Waals surface area contributed by atoms with Gasteiger partial charge < -0.3 is 4.90 Å². The van der Waals surface area contributed by atoms with Gasteiger partial charge in [-0.3, -0.25) is 9.63 Å². The SMILES string of the molecule is CON(C)S(=O)(=O)c1ccc(C(=O)N2C(C)CC3CCCCC32)cc1. The molecule has 1 aliphatic heterocycles. The number of rotatable bonds is 4. The Labute approximate surface area is 149 Å². The fourth-order valence-electron chi connectivity index (χ4n) is 4.22. The number of nitrogens with zero attached hydrogens (tertiary/aromatic N) is 2. The molecule has 0 N–H and O–H groups in total. The Bertz CT molecular complexity index is 732. The zero-order chi connectivity index (χ0) is 18.2. The highest BCUT2D eigenvalue weighted by Crippen LogP contribution is 2.40. The van der Waals surface area contributed by atoms with Crippen molar-refractivity contribution in [2.24, 2.45) is 5.92 Å². The van der Waals surface area contributed by atoms with E-state index in [4.69, 9.17) is 4.84 Å². The molecule has 1 aromatic carbocycles. The Balaban J connectivity index is 1.81. The average molecular weight is 366 g/mol. The van der Waals surface area contributed by atoms with Gasteiger partial charge in [-0.25, -0.2) is 8.42 Å². The summed E-state index contributed by atoms with van der Waals surface area (Å²) in [4.78, 5) is 19.9. The Morgan fingerprint density at radius 3 is 2.48 bits per heavy atom. The Kier molecular flexibility index (Phi) is 5.18. The number of likely N-dealkylation sites (tertiary alicyclic amines) is 1. The van der Waals surface area contributed by atoms with Crippen LogP contribution < -0.4 is 0 Å². The zero-order valence-electron chi connectivity index (χ0n) is 15.0. The molecule has 6 nitrogen and oxygen atoms in total. The predicted molar refractivity (Wildman–Crippen MR) is 94.4 cm³/mol. The lowest BCUT2D eigenvalue weighted by Crippen LogP contribution is -2.42. The molecule has 1 saturated carbocycles. The van der Waals surface area contributed by atoms with Gasteiger partial charge in [0.15, 0.2) is 0 Å². The molecule has 1 saturated heterocycles. The summed E-state index contributed by atoms with van der Waals surface area (Å²) in [7, 11) is -1.06. The molecule has 1 aromatic rings. The number of benzene rings is 1. The number of hydroxylamine groups is 1. The van der Waals surface area contributed by atoms with E-state index in [1.54, 1.807) is 12.1 Å². The second-order valence-electron chi connectivity index (χ2n) is 7.03. The number of amides is 1. The van der Waals surface area contributed by atoms with Crippen LogP contribution in [0.4, 0.5) is 0 Å².